The van der Waals surface area contributed by atoms with Crippen LogP contribution in [-0.2, 0) is 4.79 Å². The molecule has 1 heterocycles. The summed E-state index contributed by atoms with van der Waals surface area (Å²) in [7, 11) is 0. The van der Waals surface area contributed by atoms with E-state index in [0.29, 0.717) is 24.9 Å². The molecule has 21 heavy (non-hydrogen) atoms. The number of likely N-dealkylation sites (tertiary alicyclic amines) is 1. The molecule has 2 atom stereocenters. The van der Waals surface area contributed by atoms with Gasteiger partial charge in [0.2, 0.25) is 0 Å². The third-order valence-corrected chi connectivity index (χ3v) is 3.61. The van der Waals surface area contributed by atoms with E-state index in [-0.39, 0.29) is 6.54 Å². The molecular formula is C15H20N2O4. The zero-order valence-corrected chi connectivity index (χ0v) is 12.0. The highest BCUT2D eigenvalue weighted by Crippen LogP contribution is 2.21. The SMILES string of the molecule is CC1(O)CCCN(C(=O)NC(C(=O)O)c2ccccc2)C1. The normalized spacial score (nSPS) is 23.4. The molecule has 2 amide bonds. The molecular weight excluding hydrogens is 272 g/mol. The number of aliphatic hydroxyl groups is 1. The van der Waals surface area contributed by atoms with Crippen LogP contribution in [0.25, 0.3) is 0 Å². The molecule has 0 aromatic heterocycles. The van der Waals surface area contributed by atoms with Crippen molar-refractivity contribution >= 4 is 12.0 Å². The van der Waals surface area contributed by atoms with Gasteiger partial charge in [0.05, 0.1) is 12.1 Å². The Balaban J connectivity index is 2.07. The van der Waals surface area contributed by atoms with Gasteiger partial charge in [-0.25, -0.2) is 9.59 Å². The summed E-state index contributed by atoms with van der Waals surface area (Å²) in [4.78, 5) is 25.0. The smallest absolute Gasteiger partial charge is 0.330 e. The summed E-state index contributed by atoms with van der Waals surface area (Å²) in [6.07, 6.45) is 1.33. The zero-order chi connectivity index (χ0) is 15.5. The second kappa shape index (κ2) is 6.13. The van der Waals surface area contributed by atoms with Crippen LogP contribution in [0.5, 0.6) is 0 Å². The van der Waals surface area contributed by atoms with Gasteiger partial charge in [0.1, 0.15) is 0 Å². The predicted molar refractivity (Wildman–Crippen MR) is 76.8 cm³/mol. The van der Waals surface area contributed by atoms with Crippen LogP contribution in [-0.4, -0.2) is 45.8 Å². The summed E-state index contributed by atoms with van der Waals surface area (Å²) >= 11 is 0. The van der Waals surface area contributed by atoms with Crippen molar-refractivity contribution < 1.29 is 19.8 Å². The first-order chi connectivity index (χ1) is 9.89. The van der Waals surface area contributed by atoms with Crippen LogP contribution >= 0.6 is 0 Å². The Morgan fingerprint density at radius 3 is 2.57 bits per heavy atom. The molecule has 1 aliphatic rings. The van der Waals surface area contributed by atoms with Gasteiger partial charge in [-0.1, -0.05) is 30.3 Å². The Labute approximate surface area is 123 Å². The number of piperidine rings is 1. The average molecular weight is 292 g/mol. The molecule has 6 heteroatoms. The molecule has 2 rings (SSSR count). The molecule has 0 aliphatic carbocycles. The number of β-amino-alcohol motifs (C(OH)–C–C–N with tert-alkyl or cyclic N) is 1. The van der Waals surface area contributed by atoms with Gasteiger partial charge in [-0.2, -0.15) is 0 Å². The van der Waals surface area contributed by atoms with E-state index in [0.717, 1.165) is 0 Å². The third-order valence-electron chi connectivity index (χ3n) is 3.61. The number of amides is 2. The summed E-state index contributed by atoms with van der Waals surface area (Å²) < 4.78 is 0. The van der Waals surface area contributed by atoms with Gasteiger partial charge in [-0.15, -0.1) is 0 Å². The number of carboxylic acid groups (broad SMARTS) is 1. The average Bonchev–Trinajstić information content (AvgIpc) is 2.44. The van der Waals surface area contributed by atoms with Gasteiger partial charge < -0.3 is 20.4 Å². The number of carbonyl (C=O) groups is 2. The monoisotopic (exact) mass is 292 g/mol. The van der Waals surface area contributed by atoms with Crippen molar-refractivity contribution in [2.45, 2.75) is 31.4 Å². The highest BCUT2D eigenvalue weighted by Gasteiger charge is 2.32. The molecule has 1 aromatic carbocycles. The topological polar surface area (TPSA) is 89.9 Å². The minimum absolute atomic E-state index is 0.208. The maximum Gasteiger partial charge on any atom is 0.330 e. The number of nitrogens with zero attached hydrogens (tertiary/aromatic N) is 1. The van der Waals surface area contributed by atoms with E-state index in [2.05, 4.69) is 5.32 Å². The van der Waals surface area contributed by atoms with Crippen molar-refractivity contribution in [1.82, 2.24) is 10.2 Å². The van der Waals surface area contributed by atoms with Crippen LogP contribution in [0, 0.1) is 0 Å². The molecule has 0 radical (unpaired) electrons. The lowest BCUT2D eigenvalue weighted by atomic mass is 9.95. The Morgan fingerprint density at radius 2 is 2.00 bits per heavy atom. The van der Waals surface area contributed by atoms with Crippen LogP contribution in [0.3, 0.4) is 0 Å². The standard InChI is InChI=1S/C15H20N2O4/c1-15(21)8-5-9-17(10-15)14(20)16-12(13(18)19)11-6-3-2-4-7-11/h2-4,6-7,12,21H,5,8-10H2,1H3,(H,16,20)(H,18,19). The number of hydrogen-bond donors (Lipinski definition) is 3. The lowest BCUT2D eigenvalue weighted by Gasteiger charge is -2.37. The van der Waals surface area contributed by atoms with E-state index in [9.17, 15) is 19.8 Å². The quantitative estimate of drug-likeness (QED) is 0.785. The van der Waals surface area contributed by atoms with Gasteiger partial charge >= 0.3 is 12.0 Å². The van der Waals surface area contributed by atoms with E-state index >= 15 is 0 Å². The van der Waals surface area contributed by atoms with Crippen molar-refractivity contribution in [3.8, 4) is 0 Å². The van der Waals surface area contributed by atoms with Gasteiger partial charge in [0.25, 0.3) is 0 Å². The number of aliphatic carboxylic acids is 1. The summed E-state index contributed by atoms with van der Waals surface area (Å²) in [5.41, 5.74) is -0.400. The zero-order valence-electron chi connectivity index (χ0n) is 12.0. The summed E-state index contributed by atoms with van der Waals surface area (Å²) in [6, 6.07) is 6.99. The lowest BCUT2D eigenvalue weighted by molar-refractivity contribution is -0.139. The van der Waals surface area contributed by atoms with Crippen molar-refractivity contribution in [2.24, 2.45) is 0 Å². The first-order valence-corrected chi connectivity index (χ1v) is 6.95. The number of urea groups is 1. The minimum atomic E-state index is -1.11. The highest BCUT2D eigenvalue weighted by atomic mass is 16.4. The van der Waals surface area contributed by atoms with Gasteiger partial charge in [-0.3, -0.25) is 0 Å². The number of rotatable bonds is 3. The highest BCUT2D eigenvalue weighted by molar-refractivity contribution is 5.83. The van der Waals surface area contributed by atoms with E-state index < -0.39 is 23.6 Å². The van der Waals surface area contributed by atoms with Crippen LogP contribution in [0.1, 0.15) is 31.4 Å². The van der Waals surface area contributed by atoms with E-state index in [1.165, 1.54) is 4.90 Å². The summed E-state index contributed by atoms with van der Waals surface area (Å²) in [5.74, 6) is -1.11. The van der Waals surface area contributed by atoms with Gasteiger partial charge in [0, 0.05) is 6.54 Å². The van der Waals surface area contributed by atoms with Crippen molar-refractivity contribution in [2.75, 3.05) is 13.1 Å². The van der Waals surface area contributed by atoms with Crippen molar-refractivity contribution in [3.63, 3.8) is 0 Å². The molecule has 0 spiro atoms. The molecule has 114 valence electrons. The molecule has 6 nitrogen and oxygen atoms in total. The lowest BCUT2D eigenvalue weighted by Crippen LogP contribution is -2.52. The van der Waals surface area contributed by atoms with Crippen LogP contribution < -0.4 is 5.32 Å². The number of hydrogen-bond acceptors (Lipinski definition) is 3. The molecule has 3 N–H and O–H groups in total. The predicted octanol–water partition coefficient (Wildman–Crippen LogP) is 1.37. The van der Waals surface area contributed by atoms with Crippen molar-refractivity contribution in [1.29, 1.82) is 0 Å². The summed E-state index contributed by atoms with van der Waals surface area (Å²) in [6.45, 7) is 2.40. The van der Waals surface area contributed by atoms with Crippen molar-refractivity contribution in [3.05, 3.63) is 35.9 Å². The largest absolute Gasteiger partial charge is 0.479 e. The molecule has 0 saturated carbocycles. The van der Waals surface area contributed by atoms with E-state index in [4.69, 9.17) is 0 Å². The maximum absolute atomic E-state index is 12.2. The first kappa shape index (κ1) is 15.3. The summed E-state index contributed by atoms with van der Waals surface area (Å²) in [5, 5.41) is 21.8. The van der Waals surface area contributed by atoms with Crippen LogP contribution in [0.2, 0.25) is 0 Å². The maximum atomic E-state index is 12.2. The fourth-order valence-corrected chi connectivity index (χ4v) is 2.54. The number of benzene rings is 1. The van der Waals surface area contributed by atoms with E-state index in [1.54, 1.807) is 37.3 Å². The fourth-order valence-electron chi connectivity index (χ4n) is 2.54. The Morgan fingerprint density at radius 1 is 1.33 bits per heavy atom. The van der Waals surface area contributed by atoms with Gasteiger partial charge in [-0.05, 0) is 25.3 Å². The second-order valence-corrected chi connectivity index (χ2v) is 5.65. The Kier molecular flexibility index (Phi) is 4.47. The molecule has 2 unspecified atom stereocenters. The van der Waals surface area contributed by atoms with Crippen LogP contribution in [0.4, 0.5) is 4.79 Å². The molecule has 0 bridgehead atoms. The van der Waals surface area contributed by atoms with Gasteiger partial charge in [0.15, 0.2) is 6.04 Å². The Hall–Kier alpha value is -2.08. The molecule has 1 aromatic rings. The van der Waals surface area contributed by atoms with E-state index in [1.807, 2.05) is 0 Å². The fraction of sp³-hybridized carbons (Fsp3) is 0.467. The molecule has 1 aliphatic heterocycles. The molecule has 1 saturated heterocycles. The number of carboxylic acids is 1. The Bertz CT molecular complexity index is 516. The minimum Gasteiger partial charge on any atom is -0.479 e. The number of carbonyl (C=O) groups excluding carboxylic acids is 1. The number of nitrogens with one attached hydrogen (secondary N) is 1. The van der Waals surface area contributed by atoms with Crippen LogP contribution in [0.15, 0.2) is 30.3 Å². The second-order valence-electron chi connectivity index (χ2n) is 5.65. The first-order valence-electron chi connectivity index (χ1n) is 6.95. The third kappa shape index (κ3) is 3.95. The molecule has 1 fully saturated rings.